The van der Waals surface area contributed by atoms with E-state index in [9.17, 15) is 0 Å². The van der Waals surface area contributed by atoms with Gasteiger partial charge >= 0.3 is 0 Å². The van der Waals surface area contributed by atoms with Crippen molar-refractivity contribution in [3.8, 4) is 11.1 Å². The molecule has 0 radical (unpaired) electrons. The number of benzene rings is 2. The molecule has 0 saturated carbocycles. The van der Waals surface area contributed by atoms with Crippen LogP contribution in [0.1, 0.15) is 16.7 Å². The summed E-state index contributed by atoms with van der Waals surface area (Å²) in [6.07, 6.45) is 1.03. The molecule has 0 aromatic heterocycles. The van der Waals surface area contributed by atoms with E-state index in [0.717, 1.165) is 12.1 Å². The number of anilines is 1. The Morgan fingerprint density at radius 3 is 2.40 bits per heavy atom. The minimum absolute atomic E-state index is 0.860. The van der Waals surface area contributed by atoms with Gasteiger partial charge in [-0.25, -0.2) is 0 Å². The Hall–Kier alpha value is -1.76. The summed E-state index contributed by atoms with van der Waals surface area (Å²) in [5, 5.41) is 0. The van der Waals surface area contributed by atoms with E-state index in [-0.39, 0.29) is 0 Å². The summed E-state index contributed by atoms with van der Waals surface area (Å²) in [7, 11) is 0. The Bertz CT molecular complexity index is 492. The van der Waals surface area contributed by atoms with Gasteiger partial charge in [-0.2, -0.15) is 0 Å². The molecule has 0 spiro atoms. The normalized spacial score (nSPS) is 12.3. The minimum atomic E-state index is 0.860. The zero-order chi connectivity index (χ0) is 10.4. The Labute approximate surface area is 89.6 Å². The van der Waals surface area contributed by atoms with E-state index < -0.39 is 0 Å². The van der Waals surface area contributed by atoms with Gasteiger partial charge in [-0.1, -0.05) is 29.8 Å². The molecule has 0 unspecified atom stereocenters. The third kappa shape index (κ3) is 1.23. The van der Waals surface area contributed by atoms with Gasteiger partial charge in [0.1, 0.15) is 0 Å². The van der Waals surface area contributed by atoms with Crippen molar-refractivity contribution in [3.63, 3.8) is 0 Å². The highest BCUT2D eigenvalue weighted by atomic mass is 14.5. The van der Waals surface area contributed by atoms with Gasteiger partial charge in [0.2, 0.25) is 0 Å². The molecule has 0 heterocycles. The first-order valence-electron chi connectivity index (χ1n) is 5.22. The molecule has 2 aromatic carbocycles. The van der Waals surface area contributed by atoms with Gasteiger partial charge in [-0.15, -0.1) is 0 Å². The number of hydrogen-bond donors (Lipinski definition) is 1. The lowest BCUT2D eigenvalue weighted by Crippen LogP contribution is -1.86. The fraction of sp³-hybridized carbons (Fsp3) is 0.143. The first-order valence-corrected chi connectivity index (χ1v) is 5.22. The Kier molecular flexibility index (Phi) is 1.63. The highest BCUT2D eigenvalue weighted by Crippen LogP contribution is 2.37. The third-order valence-electron chi connectivity index (χ3n) is 3.06. The van der Waals surface area contributed by atoms with Gasteiger partial charge in [0.05, 0.1) is 0 Å². The largest absolute Gasteiger partial charge is 0.399 e. The summed E-state index contributed by atoms with van der Waals surface area (Å²) in [6, 6.07) is 12.9. The van der Waals surface area contributed by atoms with Gasteiger partial charge in [0, 0.05) is 5.69 Å². The molecule has 0 fully saturated rings. The summed E-state index contributed by atoms with van der Waals surface area (Å²) < 4.78 is 0. The van der Waals surface area contributed by atoms with E-state index in [1.54, 1.807) is 0 Å². The van der Waals surface area contributed by atoms with Crippen LogP contribution in [0.3, 0.4) is 0 Å². The van der Waals surface area contributed by atoms with Crippen LogP contribution in [0.4, 0.5) is 5.69 Å². The maximum Gasteiger partial charge on any atom is 0.0317 e. The number of nitrogen functional groups attached to an aromatic ring is 1. The first kappa shape index (κ1) is 8.54. The maximum absolute atomic E-state index is 5.80. The fourth-order valence-corrected chi connectivity index (χ4v) is 2.36. The molecule has 2 N–H and O–H groups in total. The van der Waals surface area contributed by atoms with Gasteiger partial charge < -0.3 is 5.73 Å². The van der Waals surface area contributed by atoms with Crippen molar-refractivity contribution < 1.29 is 0 Å². The minimum Gasteiger partial charge on any atom is -0.399 e. The predicted molar refractivity (Wildman–Crippen MR) is 63.8 cm³/mol. The van der Waals surface area contributed by atoms with Crippen molar-refractivity contribution in [2.75, 3.05) is 5.73 Å². The molecular formula is C14H13N. The van der Waals surface area contributed by atoms with Crippen molar-refractivity contribution in [1.29, 1.82) is 0 Å². The first-order chi connectivity index (χ1) is 7.24. The van der Waals surface area contributed by atoms with E-state index in [1.165, 1.54) is 27.8 Å². The van der Waals surface area contributed by atoms with E-state index in [4.69, 9.17) is 5.73 Å². The monoisotopic (exact) mass is 195 g/mol. The standard InChI is InChI=1S/C14H13N/c1-9-2-4-13-10(6-9)7-11-8-12(15)3-5-14(11)13/h2-6,8H,7,15H2,1H3. The lowest BCUT2D eigenvalue weighted by atomic mass is 10.0. The molecule has 3 rings (SSSR count). The van der Waals surface area contributed by atoms with Gasteiger partial charge in [-0.3, -0.25) is 0 Å². The second-order valence-corrected chi connectivity index (χ2v) is 4.25. The van der Waals surface area contributed by atoms with Crippen LogP contribution in [0.25, 0.3) is 11.1 Å². The number of aryl methyl sites for hydroxylation is 1. The average Bonchev–Trinajstić information content (AvgIpc) is 2.53. The van der Waals surface area contributed by atoms with E-state index >= 15 is 0 Å². The summed E-state index contributed by atoms with van der Waals surface area (Å²) in [6.45, 7) is 2.14. The van der Waals surface area contributed by atoms with Crippen molar-refractivity contribution in [2.45, 2.75) is 13.3 Å². The van der Waals surface area contributed by atoms with Gasteiger partial charge in [0.25, 0.3) is 0 Å². The second-order valence-electron chi connectivity index (χ2n) is 4.25. The molecule has 2 aromatic rings. The molecule has 1 nitrogen and oxygen atoms in total. The fourth-order valence-electron chi connectivity index (χ4n) is 2.36. The topological polar surface area (TPSA) is 26.0 Å². The molecule has 15 heavy (non-hydrogen) atoms. The van der Waals surface area contributed by atoms with Gasteiger partial charge in [0.15, 0.2) is 0 Å². The SMILES string of the molecule is Cc1ccc2c(c1)Cc1cc(N)ccc1-2. The summed E-state index contributed by atoms with van der Waals surface area (Å²) in [4.78, 5) is 0. The van der Waals surface area contributed by atoms with Gasteiger partial charge in [-0.05, 0) is 47.7 Å². The highest BCUT2D eigenvalue weighted by molar-refractivity contribution is 5.78. The molecule has 0 atom stereocenters. The van der Waals surface area contributed by atoms with Crippen LogP contribution in [0, 0.1) is 6.92 Å². The number of rotatable bonds is 0. The highest BCUT2D eigenvalue weighted by Gasteiger charge is 2.17. The molecule has 1 heteroatoms. The molecule has 0 amide bonds. The Morgan fingerprint density at radius 1 is 0.933 bits per heavy atom. The van der Waals surface area contributed by atoms with E-state index in [1.807, 2.05) is 6.07 Å². The summed E-state index contributed by atoms with van der Waals surface area (Å²) in [5.74, 6) is 0. The average molecular weight is 195 g/mol. The Morgan fingerprint density at radius 2 is 1.60 bits per heavy atom. The molecule has 0 aliphatic heterocycles. The molecule has 0 saturated heterocycles. The van der Waals surface area contributed by atoms with Crippen molar-refractivity contribution in [2.24, 2.45) is 0 Å². The number of hydrogen-bond acceptors (Lipinski definition) is 1. The Balaban J connectivity index is 2.24. The predicted octanol–water partition coefficient (Wildman–Crippen LogP) is 3.15. The zero-order valence-electron chi connectivity index (χ0n) is 8.75. The van der Waals surface area contributed by atoms with E-state index in [0.29, 0.717) is 0 Å². The van der Waals surface area contributed by atoms with Crippen LogP contribution >= 0.6 is 0 Å². The number of nitrogens with two attached hydrogens (primary N) is 1. The third-order valence-corrected chi connectivity index (χ3v) is 3.06. The van der Waals surface area contributed by atoms with Crippen LogP contribution < -0.4 is 5.73 Å². The smallest absolute Gasteiger partial charge is 0.0317 e. The summed E-state index contributed by atoms with van der Waals surface area (Å²) >= 11 is 0. The van der Waals surface area contributed by atoms with E-state index in [2.05, 4.69) is 37.3 Å². The van der Waals surface area contributed by atoms with Crippen LogP contribution in [0.2, 0.25) is 0 Å². The number of fused-ring (bicyclic) bond motifs is 3. The lowest BCUT2D eigenvalue weighted by molar-refractivity contribution is 1.25. The molecule has 1 aliphatic carbocycles. The molecule has 74 valence electrons. The van der Waals surface area contributed by atoms with Crippen LogP contribution in [0.15, 0.2) is 36.4 Å². The zero-order valence-corrected chi connectivity index (χ0v) is 8.75. The van der Waals surface area contributed by atoms with Crippen LogP contribution in [0.5, 0.6) is 0 Å². The molecular weight excluding hydrogens is 182 g/mol. The van der Waals surface area contributed by atoms with Crippen LogP contribution in [-0.2, 0) is 6.42 Å². The molecule has 0 bridgehead atoms. The van der Waals surface area contributed by atoms with Crippen molar-refractivity contribution in [1.82, 2.24) is 0 Å². The summed E-state index contributed by atoms with van der Waals surface area (Å²) in [5.41, 5.74) is 13.5. The quantitative estimate of drug-likeness (QED) is 0.548. The van der Waals surface area contributed by atoms with Crippen LogP contribution in [-0.4, -0.2) is 0 Å². The van der Waals surface area contributed by atoms with Crippen molar-refractivity contribution >= 4 is 5.69 Å². The maximum atomic E-state index is 5.80. The second kappa shape index (κ2) is 2.86. The van der Waals surface area contributed by atoms with Crippen molar-refractivity contribution in [3.05, 3.63) is 53.1 Å². The lowest BCUT2D eigenvalue weighted by Gasteiger charge is -2.01. The molecule has 1 aliphatic rings.